The van der Waals surface area contributed by atoms with Crippen LogP contribution in [0.15, 0.2) is 12.1 Å². The topological polar surface area (TPSA) is 72.2 Å². The Labute approximate surface area is 99.5 Å². The normalized spacial score (nSPS) is 10.1. The first kappa shape index (κ1) is 13.3. The summed E-state index contributed by atoms with van der Waals surface area (Å²) >= 11 is 5.31. The van der Waals surface area contributed by atoms with E-state index in [0.29, 0.717) is 12.1 Å². The molecule has 0 aromatic heterocycles. The van der Waals surface area contributed by atoms with Crippen molar-refractivity contribution in [1.82, 2.24) is 5.32 Å². The van der Waals surface area contributed by atoms with Crippen LogP contribution in [0.5, 0.6) is 0 Å². The second-order valence-corrected chi connectivity index (χ2v) is 3.36. The molecule has 92 valence electrons. The number of carbonyl (C=O) groups is 1. The molecule has 1 amide bonds. The fourth-order valence-electron chi connectivity index (χ4n) is 1.13. The van der Waals surface area contributed by atoms with E-state index in [1.54, 1.807) is 0 Å². The number of halogens is 3. The van der Waals surface area contributed by atoms with Crippen LogP contribution < -0.4 is 5.32 Å². The van der Waals surface area contributed by atoms with Crippen LogP contribution in [0.1, 0.15) is 10.4 Å². The average molecular weight is 265 g/mol. The van der Waals surface area contributed by atoms with Crippen LogP contribution in [0.4, 0.5) is 14.5 Å². The second kappa shape index (κ2) is 5.53. The van der Waals surface area contributed by atoms with Crippen molar-refractivity contribution in [2.45, 2.75) is 0 Å². The summed E-state index contributed by atoms with van der Waals surface area (Å²) in [7, 11) is 0. The lowest BCUT2D eigenvalue weighted by Crippen LogP contribution is -2.26. The van der Waals surface area contributed by atoms with Crippen LogP contribution in [0.3, 0.4) is 0 Å². The van der Waals surface area contributed by atoms with Gasteiger partial charge in [0.2, 0.25) is 0 Å². The standard InChI is InChI=1S/C9H7ClF2N2O3/c10-1-2-13-9(15)5-3-6(11)7(12)4-8(5)14(16)17/h3-4H,1-2H2,(H,13,15). The van der Waals surface area contributed by atoms with Gasteiger partial charge in [0.05, 0.1) is 11.0 Å². The van der Waals surface area contributed by atoms with E-state index in [1.807, 2.05) is 0 Å². The Balaban J connectivity index is 3.16. The summed E-state index contributed by atoms with van der Waals surface area (Å²) in [6.45, 7) is 0.0660. The summed E-state index contributed by atoms with van der Waals surface area (Å²) in [5.74, 6) is -3.49. The van der Waals surface area contributed by atoms with Gasteiger partial charge >= 0.3 is 0 Å². The summed E-state index contributed by atoms with van der Waals surface area (Å²) in [6.07, 6.45) is 0. The number of benzene rings is 1. The molecule has 17 heavy (non-hydrogen) atoms. The van der Waals surface area contributed by atoms with Gasteiger partial charge in [-0.1, -0.05) is 0 Å². The van der Waals surface area contributed by atoms with E-state index in [2.05, 4.69) is 5.32 Å². The van der Waals surface area contributed by atoms with E-state index in [9.17, 15) is 23.7 Å². The maximum Gasteiger partial charge on any atom is 0.285 e. The Hall–Kier alpha value is -1.76. The van der Waals surface area contributed by atoms with Gasteiger partial charge in [-0.2, -0.15) is 0 Å². The lowest BCUT2D eigenvalue weighted by Gasteiger charge is -2.04. The van der Waals surface area contributed by atoms with Gasteiger partial charge in [-0.3, -0.25) is 14.9 Å². The predicted octanol–water partition coefficient (Wildman–Crippen LogP) is 1.84. The molecule has 1 N–H and O–H groups in total. The molecule has 0 bridgehead atoms. The molecular weight excluding hydrogens is 258 g/mol. The second-order valence-electron chi connectivity index (χ2n) is 2.99. The summed E-state index contributed by atoms with van der Waals surface area (Å²) in [5, 5.41) is 12.8. The molecular formula is C9H7ClF2N2O3. The van der Waals surface area contributed by atoms with Gasteiger partial charge < -0.3 is 5.32 Å². The lowest BCUT2D eigenvalue weighted by atomic mass is 10.1. The van der Waals surface area contributed by atoms with Crippen LogP contribution >= 0.6 is 11.6 Å². The maximum atomic E-state index is 12.9. The number of rotatable bonds is 4. The van der Waals surface area contributed by atoms with Crippen LogP contribution in [0, 0.1) is 21.7 Å². The van der Waals surface area contributed by atoms with Gasteiger partial charge in [0.15, 0.2) is 11.6 Å². The molecule has 5 nitrogen and oxygen atoms in total. The minimum Gasteiger partial charge on any atom is -0.351 e. The van der Waals surface area contributed by atoms with Gasteiger partial charge in [0, 0.05) is 12.4 Å². The molecule has 0 atom stereocenters. The summed E-state index contributed by atoms with van der Waals surface area (Å²) in [6, 6.07) is 0.849. The molecule has 0 saturated heterocycles. The van der Waals surface area contributed by atoms with Gasteiger partial charge in [-0.15, -0.1) is 11.6 Å². The van der Waals surface area contributed by atoms with Crippen molar-refractivity contribution in [2.24, 2.45) is 0 Å². The van der Waals surface area contributed by atoms with Crippen molar-refractivity contribution < 1.29 is 18.5 Å². The van der Waals surface area contributed by atoms with Gasteiger partial charge in [0.1, 0.15) is 5.56 Å². The fraction of sp³-hybridized carbons (Fsp3) is 0.222. The molecule has 0 aliphatic carbocycles. The predicted molar refractivity (Wildman–Crippen MR) is 56.1 cm³/mol. The number of nitrogens with one attached hydrogen (secondary N) is 1. The molecule has 0 fully saturated rings. The van der Waals surface area contributed by atoms with E-state index in [0.717, 1.165) is 0 Å². The van der Waals surface area contributed by atoms with Crippen LogP contribution in [0.25, 0.3) is 0 Å². The van der Waals surface area contributed by atoms with Crippen LogP contribution in [-0.2, 0) is 0 Å². The molecule has 1 aromatic carbocycles. The average Bonchev–Trinajstić information content (AvgIpc) is 2.28. The number of carbonyl (C=O) groups excluding carboxylic acids is 1. The molecule has 0 aliphatic rings. The van der Waals surface area contributed by atoms with Gasteiger partial charge in [-0.05, 0) is 6.07 Å². The van der Waals surface area contributed by atoms with Crippen molar-refractivity contribution in [3.05, 3.63) is 39.4 Å². The number of hydrogen-bond acceptors (Lipinski definition) is 3. The number of amides is 1. The highest BCUT2D eigenvalue weighted by molar-refractivity contribution is 6.18. The SMILES string of the molecule is O=C(NCCCl)c1cc(F)c(F)cc1[N+](=O)[O-]. The van der Waals surface area contributed by atoms with E-state index < -0.39 is 33.7 Å². The first-order valence-electron chi connectivity index (χ1n) is 4.45. The fourth-order valence-corrected chi connectivity index (χ4v) is 1.22. The van der Waals surface area contributed by atoms with Gasteiger partial charge in [-0.25, -0.2) is 8.78 Å². The zero-order chi connectivity index (χ0) is 13.0. The molecule has 1 aromatic rings. The molecule has 0 aliphatic heterocycles. The third kappa shape index (κ3) is 3.10. The smallest absolute Gasteiger partial charge is 0.285 e. The van der Waals surface area contributed by atoms with E-state index >= 15 is 0 Å². The lowest BCUT2D eigenvalue weighted by molar-refractivity contribution is -0.385. The van der Waals surface area contributed by atoms with Crippen LogP contribution in [-0.4, -0.2) is 23.3 Å². The third-order valence-electron chi connectivity index (χ3n) is 1.86. The zero-order valence-electron chi connectivity index (χ0n) is 8.37. The Morgan fingerprint density at radius 3 is 2.53 bits per heavy atom. The molecule has 0 saturated carbocycles. The third-order valence-corrected chi connectivity index (χ3v) is 2.05. The Kier molecular flexibility index (Phi) is 4.33. The van der Waals surface area contributed by atoms with Crippen molar-refractivity contribution >= 4 is 23.2 Å². The van der Waals surface area contributed by atoms with E-state index in [4.69, 9.17) is 11.6 Å². The number of nitro groups is 1. The monoisotopic (exact) mass is 264 g/mol. The van der Waals surface area contributed by atoms with Crippen molar-refractivity contribution in [2.75, 3.05) is 12.4 Å². The number of alkyl halides is 1. The van der Waals surface area contributed by atoms with E-state index in [-0.39, 0.29) is 12.4 Å². The highest BCUT2D eigenvalue weighted by atomic mass is 35.5. The molecule has 8 heteroatoms. The van der Waals surface area contributed by atoms with Crippen molar-refractivity contribution in [3.8, 4) is 0 Å². The molecule has 0 radical (unpaired) electrons. The first-order chi connectivity index (χ1) is 7.97. The summed E-state index contributed by atoms with van der Waals surface area (Å²) < 4.78 is 25.7. The van der Waals surface area contributed by atoms with Crippen molar-refractivity contribution in [3.63, 3.8) is 0 Å². The number of hydrogen-bond donors (Lipinski definition) is 1. The van der Waals surface area contributed by atoms with E-state index in [1.165, 1.54) is 0 Å². The number of nitrogens with zero attached hydrogens (tertiary/aromatic N) is 1. The Morgan fingerprint density at radius 2 is 2.00 bits per heavy atom. The molecule has 1 rings (SSSR count). The van der Waals surface area contributed by atoms with Crippen molar-refractivity contribution in [1.29, 1.82) is 0 Å². The largest absolute Gasteiger partial charge is 0.351 e. The summed E-state index contributed by atoms with van der Waals surface area (Å²) in [5.41, 5.74) is -1.34. The molecule has 0 spiro atoms. The zero-order valence-corrected chi connectivity index (χ0v) is 9.13. The minimum atomic E-state index is -1.38. The minimum absolute atomic E-state index is 0.0660. The molecule has 0 unspecified atom stereocenters. The maximum absolute atomic E-state index is 12.9. The Morgan fingerprint density at radius 1 is 1.41 bits per heavy atom. The Bertz CT molecular complexity index is 468. The van der Waals surface area contributed by atoms with Crippen LogP contribution in [0.2, 0.25) is 0 Å². The molecule has 0 heterocycles. The van der Waals surface area contributed by atoms with Gasteiger partial charge in [0.25, 0.3) is 11.6 Å². The number of nitro benzene ring substituents is 1. The summed E-state index contributed by atoms with van der Waals surface area (Å²) in [4.78, 5) is 21.0. The highest BCUT2D eigenvalue weighted by Crippen LogP contribution is 2.22. The first-order valence-corrected chi connectivity index (χ1v) is 4.98. The highest BCUT2D eigenvalue weighted by Gasteiger charge is 2.23. The quantitative estimate of drug-likeness (QED) is 0.512.